The van der Waals surface area contributed by atoms with Crippen molar-refractivity contribution in [2.45, 2.75) is 19.9 Å². The Bertz CT molecular complexity index is 542. The predicted molar refractivity (Wildman–Crippen MR) is 73.7 cm³/mol. The molecule has 0 aliphatic rings. The summed E-state index contributed by atoms with van der Waals surface area (Å²) in [7, 11) is 0. The van der Waals surface area contributed by atoms with Gasteiger partial charge in [0.1, 0.15) is 0 Å². The monoisotopic (exact) mass is 281 g/mol. The van der Waals surface area contributed by atoms with Gasteiger partial charge in [0.25, 0.3) is 0 Å². The maximum absolute atomic E-state index is 13.6. The number of rotatable bonds is 7. The average Bonchev–Trinajstić information content (AvgIpc) is 2.92. The van der Waals surface area contributed by atoms with E-state index >= 15 is 0 Å². The molecular formula is C13H17F2N5. The number of aromatic nitrogens is 3. The number of halogens is 2. The molecule has 0 spiro atoms. The van der Waals surface area contributed by atoms with Gasteiger partial charge < -0.3 is 10.6 Å². The van der Waals surface area contributed by atoms with E-state index in [0.29, 0.717) is 13.1 Å². The lowest BCUT2D eigenvalue weighted by Gasteiger charge is -2.10. The molecule has 2 N–H and O–H groups in total. The quantitative estimate of drug-likeness (QED) is 0.766. The highest BCUT2D eigenvalue weighted by Gasteiger charge is 2.10. The van der Waals surface area contributed by atoms with Crippen LogP contribution >= 0.6 is 0 Å². The fourth-order valence-corrected chi connectivity index (χ4v) is 1.76. The maximum Gasteiger partial charge on any atom is 0.168 e. The Morgan fingerprint density at radius 2 is 1.95 bits per heavy atom. The van der Waals surface area contributed by atoms with Gasteiger partial charge in [0.05, 0.1) is 0 Å². The zero-order valence-corrected chi connectivity index (χ0v) is 11.2. The van der Waals surface area contributed by atoms with Crippen LogP contribution in [0.1, 0.15) is 13.3 Å². The first-order valence-electron chi connectivity index (χ1n) is 6.52. The highest BCUT2D eigenvalue weighted by atomic mass is 19.1. The van der Waals surface area contributed by atoms with Gasteiger partial charge in [0.2, 0.25) is 0 Å². The largest absolute Gasteiger partial charge is 0.368 e. The number of aryl methyl sites for hydroxylation is 1. The zero-order chi connectivity index (χ0) is 14.4. The van der Waals surface area contributed by atoms with Crippen LogP contribution in [0, 0.1) is 11.6 Å². The Balaban J connectivity index is 1.89. The normalized spacial score (nSPS) is 10.6. The van der Waals surface area contributed by atoms with Crippen molar-refractivity contribution in [3.63, 3.8) is 0 Å². The highest BCUT2D eigenvalue weighted by molar-refractivity contribution is 5.47. The first-order valence-corrected chi connectivity index (χ1v) is 6.52. The summed E-state index contributed by atoms with van der Waals surface area (Å²) in [5.41, 5.74) is 0. The van der Waals surface area contributed by atoms with Crippen molar-refractivity contribution in [3.05, 3.63) is 36.2 Å². The summed E-state index contributed by atoms with van der Waals surface area (Å²) in [6.45, 7) is 3.60. The lowest BCUT2D eigenvalue weighted by atomic mass is 10.3. The van der Waals surface area contributed by atoms with Crippen LogP contribution in [0.25, 0.3) is 0 Å². The molecule has 0 fully saturated rings. The van der Waals surface area contributed by atoms with Crippen LogP contribution in [0.5, 0.6) is 0 Å². The summed E-state index contributed by atoms with van der Waals surface area (Å²) >= 11 is 0. The van der Waals surface area contributed by atoms with Gasteiger partial charge in [0, 0.05) is 38.1 Å². The summed E-state index contributed by atoms with van der Waals surface area (Å²) in [6, 6.07) is 2.68. The predicted octanol–water partition coefficient (Wildman–Crippen LogP) is 2.49. The average molecular weight is 281 g/mol. The van der Waals surface area contributed by atoms with E-state index in [1.165, 1.54) is 0 Å². The first kappa shape index (κ1) is 14.2. The van der Waals surface area contributed by atoms with Gasteiger partial charge in [0.15, 0.2) is 23.3 Å². The van der Waals surface area contributed by atoms with Crippen molar-refractivity contribution in [3.8, 4) is 0 Å². The third kappa shape index (κ3) is 3.66. The van der Waals surface area contributed by atoms with Gasteiger partial charge in [-0.15, -0.1) is 0 Å². The summed E-state index contributed by atoms with van der Waals surface area (Å²) in [5.74, 6) is -1.26. The maximum atomic E-state index is 13.6. The molecule has 2 heterocycles. The van der Waals surface area contributed by atoms with E-state index in [-0.39, 0.29) is 11.6 Å². The Morgan fingerprint density at radius 3 is 2.60 bits per heavy atom. The zero-order valence-electron chi connectivity index (χ0n) is 11.2. The number of nitrogens with one attached hydrogen (secondary N) is 2. The van der Waals surface area contributed by atoms with Crippen molar-refractivity contribution in [1.82, 2.24) is 14.8 Å². The molecule has 20 heavy (non-hydrogen) atoms. The molecule has 0 saturated heterocycles. The van der Waals surface area contributed by atoms with E-state index in [0.717, 1.165) is 19.0 Å². The minimum absolute atomic E-state index is 0.0582. The molecule has 0 aromatic carbocycles. The van der Waals surface area contributed by atoms with Crippen LogP contribution in [0.2, 0.25) is 0 Å². The van der Waals surface area contributed by atoms with Crippen molar-refractivity contribution < 1.29 is 8.78 Å². The van der Waals surface area contributed by atoms with Crippen molar-refractivity contribution in [2.75, 3.05) is 23.7 Å². The third-order valence-corrected chi connectivity index (χ3v) is 2.69. The molecular weight excluding hydrogens is 264 g/mol. The summed E-state index contributed by atoms with van der Waals surface area (Å²) < 4.78 is 28.7. The molecule has 0 unspecified atom stereocenters. The van der Waals surface area contributed by atoms with Crippen LogP contribution in [0.3, 0.4) is 0 Å². The highest BCUT2D eigenvalue weighted by Crippen LogP contribution is 2.18. The molecule has 0 amide bonds. The Labute approximate surface area is 116 Å². The first-order chi connectivity index (χ1) is 9.70. The standard InChI is InChI=1S/C13H17F2N5/c1-2-16-12-10(14)9-11(15)13(19-12)17-5-3-7-20-8-4-6-18-20/h4,6,8-9H,2-3,5,7H2,1H3,(H2,16,17,19). The molecule has 0 radical (unpaired) electrons. The topological polar surface area (TPSA) is 54.8 Å². The van der Waals surface area contributed by atoms with Crippen LogP contribution in [0.15, 0.2) is 24.5 Å². The fourth-order valence-electron chi connectivity index (χ4n) is 1.76. The van der Waals surface area contributed by atoms with Gasteiger partial charge in [-0.25, -0.2) is 13.8 Å². The molecule has 5 nitrogen and oxygen atoms in total. The number of hydrogen-bond donors (Lipinski definition) is 2. The molecule has 2 aromatic rings. The molecule has 0 aliphatic heterocycles. The molecule has 0 aliphatic carbocycles. The Kier molecular flexibility index (Phi) is 4.86. The second kappa shape index (κ2) is 6.83. The molecule has 2 aromatic heterocycles. The SMILES string of the molecule is CCNc1nc(NCCCn2cccn2)c(F)cc1F. The van der Waals surface area contributed by atoms with E-state index in [2.05, 4.69) is 20.7 Å². The van der Waals surface area contributed by atoms with Gasteiger partial charge in [-0.3, -0.25) is 4.68 Å². The van der Waals surface area contributed by atoms with Gasteiger partial charge in [-0.2, -0.15) is 5.10 Å². The Morgan fingerprint density at radius 1 is 1.20 bits per heavy atom. The lowest BCUT2D eigenvalue weighted by molar-refractivity contribution is 0.572. The molecule has 108 valence electrons. The van der Waals surface area contributed by atoms with Gasteiger partial charge >= 0.3 is 0 Å². The fraction of sp³-hybridized carbons (Fsp3) is 0.385. The third-order valence-electron chi connectivity index (χ3n) is 2.69. The molecule has 7 heteroatoms. The van der Waals surface area contributed by atoms with Crippen LogP contribution in [-0.2, 0) is 6.54 Å². The van der Waals surface area contributed by atoms with Crippen molar-refractivity contribution in [1.29, 1.82) is 0 Å². The van der Waals surface area contributed by atoms with Crippen LogP contribution in [-0.4, -0.2) is 27.9 Å². The smallest absolute Gasteiger partial charge is 0.168 e. The summed E-state index contributed by atoms with van der Waals surface area (Å²) in [6.07, 6.45) is 4.33. The van der Waals surface area contributed by atoms with Crippen molar-refractivity contribution in [2.24, 2.45) is 0 Å². The minimum Gasteiger partial charge on any atom is -0.368 e. The van der Waals surface area contributed by atoms with Gasteiger partial charge in [-0.1, -0.05) is 0 Å². The van der Waals surface area contributed by atoms with Crippen molar-refractivity contribution >= 4 is 11.6 Å². The minimum atomic E-state index is -0.691. The molecule has 0 saturated carbocycles. The van der Waals surface area contributed by atoms with Crippen LogP contribution < -0.4 is 10.6 Å². The number of hydrogen-bond acceptors (Lipinski definition) is 4. The summed E-state index contributed by atoms with van der Waals surface area (Å²) in [5, 5.41) is 9.68. The Hall–Kier alpha value is -2.18. The van der Waals surface area contributed by atoms with E-state index in [4.69, 9.17) is 0 Å². The van der Waals surface area contributed by atoms with E-state index in [9.17, 15) is 8.78 Å². The van der Waals surface area contributed by atoms with E-state index in [1.807, 2.05) is 19.2 Å². The van der Waals surface area contributed by atoms with E-state index < -0.39 is 11.6 Å². The number of pyridine rings is 1. The molecule has 2 rings (SSSR count). The van der Waals surface area contributed by atoms with E-state index in [1.54, 1.807) is 10.9 Å². The van der Waals surface area contributed by atoms with Crippen LogP contribution in [0.4, 0.5) is 20.4 Å². The lowest BCUT2D eigenvalue weighted by Crippen LogP contribution is -2.11. The number of nitrogens with zero attached hydrogens (tertiary/aromatic N) is 3. The number of anilines is 2. The second-order valence-corrected chi connectivity index (χ2v) is 4.23. The van der Waals surface area contributed by atoms with Gasteiger partial charge in [-0.05, 0) is 19.4 Å². The summed E-state index contributed by atoms with van der Waals surface area (Å²) in [4.78, 5) is 3.90. The molecule has 0 atom stereocenters. The second-order valence-electron chi connectivity index (χ2n) is 4.23. The molecule has 0 bridgehead atoms.